The fourth-order valence-corrected chi connectivity index (χ4v) is 3.73. The van der Waals surface area contributed by atoms with E-state index in [2.05, 4.69) is 20.4 Å². The lowest BCUT2D eigenvalue weighted by atomic mass is 10.2. The van der Waals surface area contributed by atoms with Crippen LogP contribution in [-0.4, -0.2) is 37.3 Å². The molecule has 4 heterocycles. The molecule has 11 heteroatoms. The predicted molar refractivity (Wildman–Crippen MR) is 117 cm³/mol. The van der Waals surface area contributed by atoms with Crippen LogP contribution in [0.1, 0.15) is 17.5 Å². The SMILES string of the molecule is COc1ccc2c(c1)c1ncn(Cc3nc(C)no3)c(=O)c1n2CC(=O)NCc1ccco1. The number of aromatic nitrogens is 5. The molecule has 1 N–H and O–H groups in total. The summed E-state index contributed by atoms with van der Waals surface area (Å²) in [4.78, 5) is 34.9. The molecule has 0 radical (unpaired) electrons. The predicted octanol–water partition coefficient (Wildman–Crippen LogP) is 2.01. The number of nitrogens with one attached hydrogen (secondary N) is 1. The number of methoxy groups -OCH3 is 1. The molecular formula is C22H20N6O5. The molecule has 0 atom stereocenters. The minimum absolute atomic E-state index is 0.0676. The highest BCUT2D eigenvalue weighted by Gasteiger charge is 2.20. The third-order valence-corrected chi connectivity index (χ3v) is 5.25. The summed E-state index contributed by atoms with van der Waals surface area (Å²) in [6, 6.07) is 8.90. The van der Waals surface area contributed by atoms with Crippen molar-refractivity contribution in [1.29, 1.82) is 0 Å². The second-order valence-electron chi connectivity index (χ2n) is 7.44. The molecule has 1 aromatic carbocycles. The Bertz CT molecular complexity index is 1510. The van der Waals surface area contributed by atoms with Gasteiger partial charge in [0.15, 0.2) is 5.82 Å². The molecule has 0 fully saturated rings. The average Bonchev–Trinajstić information content (AvgIpc) is 3.54. The van der Waals surface area contributed by atoms with Crippen LogP contribution in [-0.2, 0) is 24.4 Å². The lowest BCUT2D eigenvalue weighted by molar-refractivity contribution is -0.121. The lowest BCUT2D eigenvalue weighted by Crippen LogP contribution is -2.29. The zero-order chi connectivity index (χ0) is 22.9. The van der Waals surface area contributed by atoms with Crippen LogP contribution in [0, 0.1) is 6.92 Å². The largest absolute Gasteiger partial charge is 0.497 e. The van der Waals surface area contributed by atoms with Crippen LogP contribution in [0.3, 0.4) is 0 Å². The van der Waals surface area contributed by atoms with Gasteiger partial charge in [-0.25, -0.2) is 4.98 Å². The van der Waals surface area contributed by atoms with Crippen LogP contribution in [0.25, 0.3) is 21.9 Å². The van der Waals surface area contributed by atoms with E-state index in [-0.39, 0.29) is 37.0 Å². The quantitative estimate of drug-likeness (QED) is 0.400. The van der Waals surface area contributed by atoms with Gasteiger partial charge in [-0.2, -0.15) is 4.98 Å². The first-order chi connectivity index (χ1) is 16.0. The fourth-order valence-electron chi connectivity index (χ4n) is 3.73. The highest BCUT2D eigenvalue weighted by atomic mass is 16.5. The third-order valence-electron chi connectivity index (χ3n) is 5.25. The number of carbonyl (C=O) groups is 1. The van der Waals surface area contributed by atoms with E-state index in [1.807, 2.05) is 0 Å². The first kappa shape index (κ1) is 20.5. The Morgan fingerprint density at radius 3 is 2.88 bits per heavy atom. The Labute approximate surface area is 186 Å². The van der Waals surface area contributed by atoms with Crippen molar-refractivity contribution < 1.29 is 18.5 Å². The molecule has 5 aromatic rings. The maximum atomic E-state index is 13.4. The summed E-state index contributed by atoms with van der Waals surface area (Å²) in [6.45, 7) is 1.94. The van der Waals surface area contributed by atoms with Gasteiger partial charge in [0.25, 0.3) is 5.56 Å². The van der Waals surface area contributed by atoms with Crippen molar-refractivity contribution in [2.45, 2.75) is 26.6 Å². The first-order valence-corrected chi connectivity index (χ1v) is 10.2. The van der Waals surface area contributed by atoms with Gasteiger partial charge in [-0.1, -0.05) is 5.16 Å². The van der Waals surface area contributed by atoms with Crippen LogP contribution in [0.2, 0.25) is 0 Å². The van der Waals surface area contributed by atoms with Gasteiger partial charge in [0.2, 0.25) is 11.8 Å². The van der Waals surface area contributed by atoms with Gasteiger partial charge in [-0.3, -0.25) is 14.2 Å². The van der Waals surface area contributed by atoms with E-state index in [0.717, 1.165) is 0 Å². The normalized spacial score (nSPS) is 11.3. The fraction of sp³-hybridized carbons (Fsp3) is 0.227. The van der Waals surface area contributed by atoms with Gasteiger partial charge in [-0.15, -0.1) is 0 Å². The van der Waals surface area contributed by atoms with E-state index in [1.165, 1.54) is 10.9 Å². The van der Waals surface area contributed by atoms with E-state index in [4.69, 9.17) is 13.7 Å². The van der Waals surface area contributed by atoms with Crippen molar-refractivity contribution in [2.24, 2.45) is 0 Å². The van der Waals surface area contributed by atoms with E-state index in [1.54, 1.807) is 55.2 Å². The number of rotatable bonds is 7. The monoisotopic (exact) mass is 448 g/mol. The molecule has 5 rings (SSSR count). The smallest absolute Gasteiger partial charge is 0.278 e. The van der Waals surface area contributed by atoms with Gasteiger partial charge < -0.3 is 23.6 Å². The number of carbonyl (C=O) groups excluding carboxylic acids is 1. The molecule has 11 nitrogen and oxygen atoms in total. The molecule has 0 aliphatic rings. The number of furan rings is 1. The summed E-state index contributed by atoms with van der Waals surface area (Å²) in [6.07, 6.45) is 2.98. The number of nitrogens with zero attached hydrogens (tertiary/aromatic N) is 5. The van der Waals surface area contributed by atoms with Gasteiger partial charge in [0, 0.05) is 5.39 Å². The van der Waals surface area contributed by atoms with E-state index < -0.39 is 0 Å². The number of fused-ring (bicyclic) bond motifs is 3. The molecule has 0 unspecified atom stereocenters. The van der Waals surface area contributed by atoms with Crippen molar-refractivity contribution in [2.75, 3.05) is 7.11 Å². The molecule has 0 aliphatic carbocycles. The standard InChI is InChI=1S/C22H20N6O5/c1-13-25-19(33-26-13)11-27-12-24-20-16-8-14(31-2)5-6-17(16)28(21(20)22(27)30)10-18(29)23-9-15-4-3-7-32-15/h3-8,12H,9-11H2,1-2H3,(H,23,29). The van der Waals surface area contributed by atoms with Gasteiger partial charge in [0.1, 0.15) is 35.6 Å². The van der Waals surface area contributed by atoms with E-state index in [0.29, 0.717) is 39.3 Å². The van der Waals surface area contributed by atoms with Crippen molar-refractivity contribution in [3.05, 3.63) is 70.8 Å². The van der Waals surface area contributed by atoms with Gasteiger partial charge in [0.05, 0.1) is 31.8 Å². The van der Waals surface area contributed by atoms with Crippen LogP contribution in [0.5, 0.6) is 5.75 Å². The van der Waals surface area contributed by atoms with Crippen LogP contribution in [0.4, 0.5) is 0 Å². The number of aryl methyl sites for hydroxylation is 1. The molecular weight excluding hydrogens is 428 g/mol. The summed E-state index contributed by atoms with van der Waals surface area (Å²) in [7, 11) is 1.56. The first-order valence-electron chi connectivity index (χ1n) is 10.2. The molecule has 0 spiro atoms. The topological polar surface area (TPSA) is 130 Å². The van der Waals surface area contributed by atoms with Crippen molar-refractivity contribution in [3.8, 4) is 5.75 Å². The second-order valence-corrected chi connectivity index (χ2v) is 7.44. The third kappa shape index (κ3) is 3.84. The van der Waals surface area contributed by atoms with Gasteiger partial charge >= 0.3 is 0 Å². The zero-order valence-electron chi connectivity index (χ0n) is 17.9. The molecule has 4 aromatic heterocycles. The molecule has 0 saturated carbocycles. The average molecular weight is 448 g/mol. The molecule has 0 bridgehead atoms. The van der Waals surface area contributed by atoms with Crippen LogP contribution in [0.15, 0.2) is 56.7 Å². The van der Waals surface area contributed by atoms with Crippen LogP contribution >= 0.6 is 0 Å². The molecule has 1 amide bonds. The lowest BCUT2D eigenvalue weighted by Gasteiger charge is -2.09. The van der Waals surface area contributed by atoms with Crippen molar-refractivity contribution in [3.63, 3.8) is 0 Å². The van der Waals surface area contributed by atoms with E-state index in [9.17, 15) is 9.59 Å². The Morgan fingerprint density at radius 1 is 1.27 bits per heavy atom. The molecule has 33 heavy (non-hydrogen) atoms. The molecule has 0 aliphatic heterocycles. The second kappa shape index (κ2) is 8.26. The van der Waals surface area contributed by atoms with Crippen LogP contribution < -0.4 is 15.6 Å². The summed E-state index contributed by atoms with van der Waals surface area (Å²) in [5.74, 6) is 1.74. The van der Waals surface area contributed by atoms with Crippen molar-refractivity contribution in [1.82, 2.24) is 29.6 Å². The van der Waals surface area contributed by atoms with Gasteiger partial charge in [-0.05, 0) is 37.3 Å². The number of amides is 1. The zero-order valence-corrected chi connectivity index (χ0v) is 17.9. The number of hydrogen-bond acceptors (Lipinski definition) is 8. The Balaban J connectivity index is 1.58. The summed E-state index contributed by atoms with van der Waals surface area (Å²) < 4.78 is 18.8. The Kier molecular flexibility index (Phi) is 5.13. The highest BCUT2D eigenvalue weighted by molar-refractivity contribution is 6.06. The number of ether oxygens (including phenoxy) is 1. The molecule has 168 valence electrons. The molecule has 0 saturated heterocycles. The van der Waals surface area contributed by atoms with Crippen molar-refractivity contribution >= 4 is 27.8 Å². The maximum Gasteiger partial charge on any atom is 0.278 e. The maximum absolute atomic E-state index is 13.4. The Morgan fingerprint density at radius 2 is 2.15 bits per heavy atom. The highest BCUT2D eigenvalue weighted by Crippen LogP contribution is 2.29. The van der Waals surface area contributed by atoms with E-state index >= 15 is 0 Å². The number of benzene rings is 1. The summed E-state index contributed by atoms with van der Waals surface area (Å²) >= 11 is 0. The minimum Gasteiger partial charge on any atom is -0.497 e. The summed E-state index contributed by atoms with van der Waals surface area (Å²) in [5, 5.41) is 7.28. The summed E-state index contributed by atoms with van der Waals surface area (Å²) in [5.41, 5.74) is 1.13. The minimum atomic E-state index is -0.329. The Hall–Kier alpha value is -4.41. The number of hydrogen-bond donors (Lipinski definition) is 1.